The molecular formula is C13H8BrFN2O3. The zero-order valence-corrected chi connectivity index (χ0v) is 11.6. The maximum Gasteiger partial charge on any atom is 0.306 e. The Bertz CT molecular complexity index is 674. The van der Waals surface area contributed by atoms with Crippen molar-refractivity contribution >= 4 is 33.2 Å². The first-order chi connectivity index (χ1) is 9.47. The summed E-state index contributed by atoms with van der Waals surface area (Å²) in [7, 11) is 0. The van der Waals surface area contributed by atoms with Crippen LogP contribution in [0.3, 0.4) is 0 Å². The van der Waals surface area contributed by atoms with Crippen LogP contribution in [0.5, 0.6) is 0 Å². The van der Waals surface area contributed by atoms with E-state index >= 15 is 0 Å². The summed E-state index contributed by atoms with van der Waals surface area (Å²) in [5, 5.41) is 13.1. The lowest BCUT2D eigenvalue weighted by Gasteiger charge is -2.05. The Morgan fingerprint density at radius 1 is 1.20 bits per heavy atom. The van der Waals surface area contributed by atoms with Crippen LogP contribution in [0.25, 0.3) is 0 Å². The van der Waals surface area contributed by atoms with Gasteiger partial charge in [0.25, 0.3) is 5.91 Å². The molecule has 20 heavy (non-hydrogen) atoms. The first kappa shape index (κ1) is 14.1. The van der Waals surface area contributed by atoms with Crippen molar-refractivity contribution in [2.75, 3.05) is 5.32 Å². The summed E-state index contributed by atoms with van der Waals surface area (Å²) in [6.07, 6.45) is 0. The summed E-state index contributed by atoms with van der Waals surface area (Å²) in [5.41, 5.74) is -0.134. The molecule has 0 aliphatic carbocycles. The minimum Gasteiger partial charge on any atom is -0.322 e. The van der Waals surface area contributed by atoms with E-state index in [9.17, 15) is 19.3 Å². The van der Waals surface area contributed by atoms with E-state index in [0.29, 0.717) is 5.56 Å². The van der Waals surface area contributed by atoms with Gasteiger partial charge in [-0.2, -0.15) is 4.39 Å². The van der Waals surface area contributed by atoms with E-state index in [1.165, 1.54) is 6.07 Å². The standard InChI is InChI=1S/C13H8BrFN2O3/c14-9-3-1-8(2-4-9)13(18)16-10-5-6-11(15)12(7-10)17(19)20/h1-7H,(H,16,18). The third-order valence-electron chi connectivity index (χ3n) is 2.51. The van der Waals surface area contributed by atoms with Gasteiger partial charge in [0.2, 0.25) is 5.82 Å². The van der Waals surface area contributed by atoms with Crippen LogP contribution in [0.2, 0.25) is 0 Å². The Morgan fingerprint density at radius 2 is 1.85 bits per heavy atom. The molecule has 7 heteroatoms. The van der Waals surface area contributed by atoms with E-state index in [0.717, 1.165) is 16.6 Å². The normalized spacial score (nSPS) is 10.1. The molecule has 0 unspecified atom stereocenters. The Hall–Kier alpha value is -2.28. The van der Waals surface area contributed by atoms with Crippen LogP contribution in [-0.2, 0) is 0 Å². The number of halogens is 2. The van der Waals surface area contributed by atoms with E-state index in [2.05, 4.69) is 21.2 Å². The van der Waals surface area contributed by atoms with Crippen molar-refractivity contribution in [3.8, 4) is 0 Å². The third-order valence-corrected chi connectivity index (χ3v) is 3.04. The molecule has 0 aliphatic rings. The molecule has 1 N–H and O–H groups in total. The first-order valence-electron chi connectivity index (χ1n) is 5.48. The fourth-order valence-corrected chi connectivity index (χ4v) is 1.80. The van der Waals surface area contributed by atoms with E-state index < -0.39 is 22.3 Å². The maximum absolute atomic E-state index is 13.2. The second kappa shape index (κ2) is 5.79. The second-order valence-electron chi connectivity index (χ2n) is 3.88. The van der Waals surface area contributed by atoms with E-state index in [1.54, 1.807) is 24.3 Å². The van der Waals surface area contributed by atoms with Gasteiger partial charge in [0.05, 0.1) is 4.92 Å². The van der Waals surface area contributed by atoms with Crippen LogP contribution >= 0.6 is 15.9 Å². The van der Waals surface area contributed by atoms with Gasteiger partial charge in [-0.15, -0.1) is 0 Å². The van der Waals surface area contributed by atoms with Crippen molar-refractivity contribution in [1.82, 2.24) is 0 Å². The van der Waals surface area contributed by atoms with E-state index in [-0.39, 0.29) is 5.69 Å². The molecule has 0 saturated carbocycles. The highest BCUT2D eigenvalue weighted by atomic mass is 79.9. The van der Waals surface area contributed by atoms with Crippen molar-refractivity contribution in [3.05, 3.63) is 68.4 Å². The van der Waals surface area contributed by atoms with Crippen molar-refractivity contribution < 1.29 is 14.1 Å². The molecule has 0 atom stereocenters. The molecule has 0 aromatic heterocycles. The average molecular weight is 339 g/mol. The van der Waals surface area contributed by atoms with Crippen molar-refractivity contribution in [2.24, 2.45) is 0 Å². The van der Waals surface area contributed by atoms with Gasteiger partial charge in [0, 0.05) is 21.8 Å². The van der Waals surface area contributed by atoms with Gasteiger partial charge < -0.3 is 5.32 Å². The summed E-state index contributed by atoms with van der Waals surface area (Å²) < 4.78 is 14.0. The van der Waals surface area contributed by atoms with Crippen LogP contribution < -0.4 is 5.32 Å². The second-order valence-corrected chi connectivity index (χ2v) is 4.80. The molecule has 0 aliphatic heterocycles. The smallest absolute Gasteiger partial charge is 0.306 e. The number of nitrogens with zero attached hydrogens (tertiary/aromatic N) is 1. The van der Waals surface area contributed by atoms with Gasteiger partial charge in [-0.05, 0) is 36.4 Å². The monoisotopic (exact) mass is 338 g/mol. The third kappa shape index (κ3) is 3.18. The molecule has 2 rings (SSSR count). The molecule has 0 fully saturated rings. The van der Waals surface area contributed by atoms with Gasteiger partial charge >= 0.3 is 5.69 Å². The van der Waals surface area contributed by atoms with Crippen LogP contribution in [0.4, 0.5) is 15.8 Å². The number of nitro groups is 1. The molecule has 0 radical (unpaired) electrons. The lowest BCUT2D eigenvalue weighted by molar-refractivity contribution is -0.387. The number of benzene rings is 2. The minimum atomic E-state index is -0.948. The summed E-state index contributed by atoms with van der Waals surface area (Å²) in [4.78, 5) is 21.7. The molecule has 102 valence electrons. The van der Waals surface area contributed by atoms with Gasteiger partial charge in [-0.25, -0.2) is 0 Å². The molecule has 0 bridgehead atoms. The van der Waals surface area contributed by atoms with Gasteiger partial charge in [-0.1, -0.05) is 15.9 Å². The zero-order chi connectivity index (χ0) is 14.7. The zero-order valence-electron chi connectivity index (χ0n) is 9.97. The fraction of sp³-hybridized carbons (Fsp3) is 0. The lowest BCUT2D eigenvalue weighted by atomic mass is 10.2. The minimum absolute atomic E-state index is 0.158. The Labute approximate surface area is 121 Å². The maximum atomic E-state index is 13.2. The Morgan fingerprint density at radius 3 is 2.45 bits per heavy atom. The number of nitro benzene ring substituents is 1. The first-order valence-corrected chi connectivity index (χ1v) is 6.27. The van der Waals surface area contributed by atoms with Gasteiger partial charge in [0.15, 0.2) is 0 Å². The number of rotatable bonds is 3. The van der Waals surface area contributed by atoms with Crippen molar-refractivity contribution in [2.45, 2.75) is 0 Å². The summed E-state index contributed by atoms with van der Waals surface area (Å²) >= 11 is 3.25. The van der Waals surface area contributed by atoms with Crippen LogP contribution in [0, 0.1) is 15.9 Å². The predicted octanol–water partition coefficient (Wildman–Crippen LogP) is 3.75. The largest absolute Gasteiger partial charge is 0.322 e. The molecule has 1 amide bonds. The number of carbonyl (C=O) groups excluding carboxylic acids is 1. The molecular weight excluding hydrogens is 331 g/mol. The molecule has 2 aromatic rings. The number of nitrogens with one attached hydrogen (secondary N) is 1. The van der Waals surface area contributed by atoms with Crippen molar-refractivity contribution in [3.63, 3.8) is 0 Å². The van der Waals surface area contributed by atoms with Crippen LogP contribution in [0.1, 0.15) is 10.4 Å². The van der Waals surface area contributed by atoms with E-state index in [4.69, 9.17) is 0 Å². The number of hydrogen-bond acceptors (Lipinski definition) is 3. The molecule has 0 heterocycles. The topological polar surface area (TPSA) is 72.2 Å². The summed E-state index contributed by atoms with van der Waals surface area (Å²) in [6, 6.07) is 9.76. The highest BCUT2D eigenvalue weighted by Crippen LogP contribution is 2.22. The van der Waals surface area contributed by atoms with Crippen molar-refractivity contribution in [1.29, 1.82) is 0 Å². The SMILES string of the molecule is O=C(Nc1ccc(F)c([N+](=O)[O-])c1)c1ccc(Br)cc1. The molecule has 5 nitrogen and oxygen atoms in total. The van der Waals surface area contributed by atoms with E-state index in [1.807, 2.05) is 0 Å². The lowest BCUT2D eigenvalue weighted by Crippen LogP contribution is -2.12. The fourth-order valence-electron chi connectivity index (χ4n) is 1.53. The predicted molar refractivity (Wildman–Crippen MR) is 75.1 cm³/mol. The summed E-state index contributed by atoms with van der Waals surface area (Å²) in [6.45, 7) is 0. The number of carbonyl (C=O) groups is 1. The number of anilines is 1. The Kier molecular flexibility index (Phi) is 4.09. The Balaban J connectivity index is 2.21. The summed E-state index contributed by atoms with van der Waals surface area (Å²) in [5.74, 6) is -1.38. The highest BCUT2D eigenvalue weighted by molar-refractivity contribution is 9.10. The average Bonchev–Trinajstić information content (AvgIpc) is 2.41. The quantitative estimate of drug-likeness (QED) is 0.684. The molecule has 2 aromatic carbocycles. The molecule has 0 spiro atoms. The molecule has 0 saturated heterocycles. The number of hydrogen-bond donors (Lipinski definition) is 1. The highest BCUT2D eigenvalue weighted by Gasteiger charge is 2.15. The van der Waals surface area contributed by atoms with Crippen LogP contribution in [-0.4, -0.2) is 10.8 Å². The van der Waals surface area contributed by atoms with Gasteiger partial charge in [-0.3, -0.25) is 14.9 Å². The van der Waals surface area contributed by atoms with Gasteiger partial charge in [0.1, 0.15) is 0 Å². The van der Waals surface area contributed by atoms with Crippen LogP contribution in [0.15, 0.2) is 46.9 Å². The number of amides is 1.